The number of aliphatic carboxylic acids is 1. The van der Waals surface area contributed by atoms with Crippen LogP contribution in [0.15, 0.2) is 78.9 Å². The lowest BCUT2D eigenvalue weighted by Gasteiger charge is -2.25. The second-order valence-corrected chi connectivity index (χ2v) is 10.1. The van der Waals surface area contributed by atoms with Crippen LogP contribution in [0.25, 0.3) is 0 Å². The molecule has 0 bridgehead atoms. The van der Waals surface area contributed by atoms with Gasteiger partial charge in [-0.3, -0.25) is 14.4 Å². The predicted octanol–water partition coefficient (Wildman–Crippen LogP) is 0.922. The molecule has 4 unspecified atom stereocenters. The van der Waals surface area contributed by atoms with E-state index >= 15 is 0 Å². The summed E-state index contributed by atoms with van der Waals surface area (Å²) in [5.41, 5.74) is 8.02. The molecule has 12 heteroatoms. The highest BCUT2D eigenvalue weighted by Crippen LogP contribution is 2.13. The Morgan fingerprint density at radius 2 is 1.05 bits per heavy atom. The van der Waals surface area contributed by atoms with Crippen molar-refractivity contribution in [3.63, 3.8) is 0 Å². The molecular formula is C30H34N4O7S. The quantitative estimate of drug-likeness (QED) is 0.126. The van der Waals surface area contributed by atoms with E-state index in [1.165, 1.54) is 24.3 Å². The molecule has 0 saturated carbocycles. The highest BCUT2D eigenvalue weighted by atomic mass is 32.1. The molecule has 42 heavy (non-hydrogen) atoms. The molecule has 0 fully saturated rings. The van der Waals surface area contributed by atoms with Gasteiger partial charge in [0, 0.05) is 18.6 Å². The zero-order chi connectivity index (χ0) is 30.6. The van der Waals surface area contributed by atoms with E-state index in [1.54, 1.807) is 54.6 Å². The minimum absolute atomic E-state index is 0.0130. The first kappa shape index (κ1) is 32.0. The number of hydrogen-bond acceptors (Lipinski definition) is 8. The van der Waals surface area contributed by atoms with Crippen molar-refractivity contribution in [3.05, 3.63) is 95.6 Å². The maximum absolute atomic E-state index is 13.3. The van der Waals surface area contributed by atoms with Crippen molar-refractivity contribution in [2.75, 3.05) is 5.75 Å². The normalized spacial score (nSPS) is 13.7. The van der Waals surface area contributed by atoms with E-state index in [9.17, 15) is 34.5 Å². The molecule has 0 aromatic heterocycles. The summed E-state index contributed by atoms with van der Waals surface area (Å²) < 4.78 is 0. The molecule has 3 rings (SSSR count). The number of aromatic hydroxyl groups is 2. The molecule has 0 aliphatic rings. The average molecular weight is 595 g/mol. The highest BCUT2D eigenvalue weighted by Gasteiger charge is 2.30. The zero-order valence-corrected chi connectivity index (χ0v) is 23.5. The molecule has 3 aromatic carbocycles. The van der Waals surface area contributed by atoms with Crippen LogP contribution in [0.4, 0.5) is 0 Å². The summed E-state index contributed by atoms with van der Waals surface area (Å²) in [4.78, 5) is 51.3. The van der Waals surface area contributed by atoms with Crippen molar-refractivity contribution in [1.82, 2.24) is 16.0 Å². The number of amides is 3. The maximum atomic E-state index is 13.3. The van der Waals surface area contributed by atoms with Crippen LogP contribution < -0.4 is 21.7 Å². The number of nitrogens with two attached hydrogens (primary N) is 1. The van der Waals surface area contributed by atoms with E-state index in [-0.39, 0.29) is 36.5 Å². The second kappa shape index (κ2) is 15.5. The van der Waals surface area contributed by atoms with Gasteiger partial charge < -0.3 is 37.0 Å². The number of carbonyl (C=O) groups excluding carboxylic acids is 3. The lowest BCUT2D eigenvalue weighted by molar-refractivity contribution is -0.142. The number of carboxylic acids is 1. The Bertz CT molecular complexity index is 1350. The van der Waals surface area contributed by atoms with E-state index in [1.807, 2.05) is 0 Å². The number of benzene rings is 3. The van der Waals surface area contributed by atoms with Crippen LogP contribution in [0.3, 0.4) is 0 Å². The van der Waals surface area contributed by atoms with Gasteiger partial charge >= 0.3 is 5.97 Å². The average Bonchev–Trinajstić information content (AvgIpc) is 2.97. The standard InChI is InChI=1S/C30H34N4O7S/c31-23(14-19-6-10-21(35)11-7-19)27(37)34-26(17-42)29(39)32-24(15-20-8-12-22(36)13-9-20)28(38)33-25(30(40)41)16-18-4-2-1-3-5-18/h1-13,23-26,35-36,42H,14-17,31H2,(H,32,39)(H,33,38)(H,34,37)(H,40,41). The number of hydrogen-bond donors (Lipinski definition) is 8. The summed E-state index contributed by atoms with van der Waals surface area (Å²) in [7, 11) is 0. The van der Waals surface area contributed by atoms with Crippen LogP contribution in [0, 0.1) is 0 Å². The molecule has 0 saturated heterocycles. The van der Waals surface area contributed by atoms with E-state index in [4.69, 9.17) is 5.73 Å². The van der Waals surface area contributed by atoms with Crippen LogP contribution in [0.2, 0.25) is 0 Å². The van der Waals surface area contributed by atoms with Crippen LogP contribution in [0.1, 0.15) is 16.7 Å². The zero-order valence-electron chi connectivity index (χ0n) is 22.6. The Balaban J connectivity index is 1.72. The summed E-state index contributed by atoms with van der Waals surface area (Å²) in [6, 6.07) is 16.3. The van der Waals surface area contributed by atoms with Crippen LogP contribution in [-0.4, -0.2) is 68.9 Å². The van der Waals surface area contributed by atoms with E-state index < -0.39 is 47.9 Å². The first-order valence-electron chi connectivity index (χ1n) is 13.2. The largest absolute Gasteiger partial charge is 0.508 e. The van der Waals surface area contributed by atoms with E-state index in [2.05, 4.69) is 28.6 Å². The van der Waals surface area contributed by atoms with E-state index in [0.717, 1.165) is 0 Å². The van der Waals surface area contributed by atoms with Crippen molar-refractivity contribution in [2.45, 2.75) is 43.4 Å². The molecule has 0 aliphatic heterocycles. The van der Waals surface area contributed by atoms with E-state index in [0.29, 0.717) is 16.7 Å². The second-order valence-electron chi connectivity index (χ2n) is 9.74. The Hall–Kier alpha value is -4.55. The molecule has 3 aromatic rings. The van der Waals surface area contributed by atoms with Gasteiger partial charge in [0.05, 0.1) is 6.04 Å². The third kappa shape index (κ3) is 9.82. The van der Waals surface area contributed by atoms with Gasteiger partial charge in [0.25, 0.3) is 0 Å². The fourth-order valence-corrected chi connectivity index (χ4v) is 4.38. The number of rotatable bonds is 14. The van der Waals surface area contributed by atoms with Crippen molar-refractivity contribution >= 4 is 36.3 Å². The third-order valence-electron chi connectivity index (χ3n) is 6.45. The van der Waals surface area contributed by atoms with Crippen molar-refractivity contribution in [3.8, 4) is 11.5 Å². The predicted molar refractivity (Wildman–Crippen MR) is 159 cm³/mol. The van der Waals surface area contributed by atoms with Gasteiger partial charge in [-0.15, -0.1) is 0 Å². The van der Waals surface area contributed by atoms with Gasteiger partial charge in [0.15, 0.2) is 0 Å². The van der Waals surface area contributed by atoms with Gasteiger partial charge in [0.2, 0.25) is 17.7 Å². The van der Waals surface area contributed by atoms with Crippen LogP contribution >= 0.6 is 12.6 Å². The monoisotopic (exact) mass is 594 g/mol. The molecule has 8 N–H and O–H groups in total. The molecule has 0 heterocycles. The molecule has 222 valence electrons. The lowest BCUT2D eigenvalue weighted by atomic mass is 10.0. The van der Waals surface area contributed by atoms with Gasteiger partial charge in [0.1, 0.15) is 29.6 Å². The van der Waals surface area contributed by atoms with Crippen molar-refractivity contribution < 1.29 is 34.5 Å². The van der Waals surface area contributed by atoms with Gasteiger partial charge in [-0.25, -0.2) is 4.79 Å². The molecule has 11 nitrogen and oxygen atoms in total. The number of phenols is 2. The lowest BCUT2D eigenvalue weighted by Crippen LogP contribution is -2.58. The fourth-order valence-electron chi connectivity index (χ4n) is 4.12. The maximum Gasteiger partial charge on any atom is 0.326 e. The summed E-state index contributed by atoms with van der Waals surface area (Å²) >= 11 is 4.18. The number of carboxylic acid groups (broad SMARTS) is 1. The fraction of sp³-hybridized carbons (Fsp3) is 0.267. The topological polar surface area (TPSA) is 191 Å². The van der Waals surface area contributed by atoms with Crippen molar-refractivity contribution in [1.29, 1.82) is 0 Å². The number of phenolic OH excluding ortho intramolecular Hbond substituents is 2. The number of nitrogens with one attached hydrogen (secondary N) is 3. The third-order valence-corrected chi connectivity index (χ3v) is 6.82. The number of thiol groups is 1. The Kier molecular flexibility index (Phi) is 11.8. The smallest absolute Gasteiger partial charge is 0.326 e. The summed E-state index contributed by atoms with van der Waals surface area (Å²) in [6.07, 6.45) is 0.149. The minimum Gasteiger partial charge on any atom is -0.508 e. The molecule has 0 aliphatic carbocycles. The summed E-state index contributed by atoms with van der Waals surface area (Å²) in [5.74, 6) is -3.35. The molecule has 4 atom stereocenters. The first-order chi connectivity index (χ1) is 20.0. The van der Waals surface area contributed by atoms with Gasteiger partial charge in [-0.1, -0.05) is 54.6 Å². The first-order valence-corrected chi connectivity index (χ1v) is 13.8. The summed E-state index contributed by atoms with van der Waals surface area (Å²) in [5, 5.41) is 36.5. The Morgan fingerprint density at radius 3 is 1.57 bits per heavy atom. The molecular weight excluding hydrogens is 560 g/mol. The Morgan fingerprint density at radius 1 is 0.619 bits per heavy atom. The SMILES string of the molecule is NC(Cc1ccc(O)cc1)C(=O)NC(CS)C(=O)NC(Cc1ccc(O)cc1)C(=O)NC(Cc1ccccc1)C(=O)O. The highest BCUT2D eigenvalue weighted by molar-refractivity contribution is 7.80. The molecule has 0 spiro atoms. The van der Waals surface area contributed by atoms with Gasteiger partial charge in [-0.05, 0) is 47.4 Å². The van der Waals surface area contributed by atoms with Gasteiger partial charge in [-0.2, -0.15) is 12.6 Å². The summed E-state index contributed by atoms with van der Waals surface area (Å²) in [6.45, 7) is 0. The molecule has 3 amide bonds. The Labute approximate surface area is 248 Å². The minimum atomic E-state index is -1.27. The molecule has 0 radical (unpaired) electrons. The van der Waals surface area contributed by atoms with Crippen LogP contribution in [0.5, 0.6) is 11.5 Å². The van der Waals surface area contributed by atoms with Crippen molar-refractivity contribution in [2.24, 2.45) is 5.73 Å². The van der Waals surface area contributed by atoms with Crippen LogP contribution in [-0.2, 0) is 38.4 Å². The number of carbonyl (C=O) groups is 4.